The van der Waals surface area contributed by atoms with Crippen molar-refractivity contribution >= 4 is 22.9 Å². The molecule has 0 saturated heterocycles. The molecule has 0 radical (unpaired) electrons. The molecule has 18 heavy (non-hydrogen) atoms. The van der Waals surface area contributed by atoms with Crippen molar-refractivity contribution in [3.63, 3.8) is 0 Å². The molecule has 1 unspecified atom stereocenters. The zero-order chi connectivity index (χ0) is 13.0. The van der Waals surface area contributed by atoms with E-state index >= 15 is 0 Å². The molecule has 0 bridgehead atoms. The summed E-state index contributed by atoms with van der Waals surface area (Å²) in [5, 5.41) is 0.813. The van der Waals surface area contributed by atoms with Crippen LogP contribution in [0, 0.1) is 0 Å². The molecule has 1 nitrogen and oxygen atoms in total. The second-order valence-electron chi connectivity index (χ2n) is 4.48. The Hall–Kier alpha value is -0.830. The summed E-state index contributed by atoms with van der Waals surface area (Å²) in [5.74, 6) is 0. The van der Waals surface area contributed by atoms with Gasteiger partial charge < -0.3 is 5.73 Å². The van der Waals surface area contributed by atoms with Crippen molar-refractivity contribution in [2.75, 3.05) is 0 Å². The first-order chi connectivity index (χ1) is 8.69. The van der Waals surface area contributed by atoms with E-state index in [0.29, 0.717) is 0 Å². The maximum Gasteiger partial charge on any atom is 0.0438 e. The molecule has 96 valence electrons. The van der Waals surface area contributed by atoms with Gasteiger partial charge in [0.15, 0.2) is 0 Å². The van der Waals surface area contributed by atoms with E-state index in [1.165, 1.54) is 9.75 Å². The Morgan fingerprint density at radius 3 is 2.50 bits per heavy atom. The number of thiophene rings is 1. The summed E-state index contributed by atoms with van der Waals surface area (Å²) in [4.78, 5) is 2.79. The van der Waals surface area contributed by atoms with Crippen LogP contribution in [-0.2, 0) is 19.3 Å². The van der Waals surface area contributed by atoms with E-state index in [2.05, 4.69) is 19.1 Å². The Morgan fingerprint density at radius 2 is 1.83 bits per heavy atom. The minimum absolute atomic E-state index is 0.133. The number of hydrogen-bond donors (Lipinski definition) is 1. The fourth-order valence-electron chi connectivity index (χ4n) is 2.00. The van der Waals surface area contributed by atoms with E-state index in [0.717, 1.165) is 29.8 Å². The summed E-state index contributed by atoms with van der Waals surface area (Å²) < 4.78 is 0. The first-order valence-corrected chi connectivity index (χ1v) is 7.45. The minimum atomic E-state index is 0.133. The van der Waals surface area contributed by atoms with Crippen molar-refractivity contribution in [1.82, 2.24) is 0 Å². The third-order valence-electron chi connectivity index (χ3n) is 2.97. The molecule has 0 saturated carbocycles. The maximum atomic E-state index is 6.21. The highest BCUT2D eigenvalue weighted by atomic mass is 35.5. The number of aryl methyl sites for hydroxylation is 1. The molecule has 1 heterocycles. The van der Waals surface area contributed by atoms with Crippen molar-refractivity contribution in [2.45, 2.75) is 32.2 Å². The number of hydrogen-bond acceptors (Lipinski definition) is 2. The van der Waals surface area contributed by atoms with Crippen molar-refractivity contribution < 1.29 is 0 Å². The third kappa shape index (κ3) is 3.58. The standard InChI is InChI=1S/C15H18ClNS/c1-2-13-7-8-14(18-13)10-12(17)9-11-5-3-4-6-15(11)16/h3-8,12H,2,9-10,17H2,1H3. The van der Waals surface area contributed by atoms with Gasteiger partial charge in [0.25, 0.3) is 0 Å². The minimum Gasteiger partial charge on any atom is -0.327 e. The zero-order valence-electron chi connectivity index (χ0n) is 10.5. The van der Waals surface area contributed by atoms with Gasteiger partial charge in [-0.1, -0.05) is 36.7 Å². The first-order valence-electron chi connectivity index (χ1n) is 6.25. The molecule has 2 N–H and O–H groups in total. The van der Waals surface area contributed by atoms with Gasteiger partial charge in [-0.25, -0.2) is 0 Å². The normalized spacial score (nSPS) is 12.6. The van der Waals surface area contributed by atoms with Crippen molar-refractivity contribution in [2.24, 2.45) is 5.73 Å². The quantitative estimate of drug-likeness (QED) is 0.877. The van der Waals surface area contributed by atoms with Crippen LogP contribution in [0.1, 0.15) is 22.2 Å². The molecule has 0 amide bonds. The predicted octanol–water partition coefficient (Wildman–Crippen LogP) is 4.08. The smallest absolute Gasteiger partial charge is 0.0438 e. The van der Waals surface area contributed by atoms with E-state index < -0.39 is 0 Å². The van der Waals surface area contributed by atoms with E-state index in [-0.39, 0.29) is 6.04 Å². The predicted molar refractivity (Wildman–Crippen MR) is 80.5 cm³/mol. The molecule has 2 rings (SSSR count). The molecule has 0 aliphatic rings. The first kappa shape index (κ1) is 13.6. The molecule has 1 aromatic carbocycles. The largest absolute Gasteiger partial charge is 0.327 e. The Kier molecular flexibility index (Phi) is 4.81. The van der Waals surface area contributed by atoms with Crippen LogP contribution >= 0.6 is 22.9 Å². The van der Waals surface area contributed by atoms with Gasteiger partial charge in [0.05, 0.1) is 0 Å². The molecule has 3 heteroatoms. The fourth-order valence-corrected chi connectivity index (χ4v) is 3.26. The molecular formula is C15H18ClNS. The monoisotopic (exact) mass is 279 g/mol. The van der Waals surface area contributed by atoms with Crippen LogP contribution in [0.3, 0.4) is 0 Å². The lowest BCUT2D eigenvalue weighted by Crippen LogP contribution is -2.25. The number of rotatable bonds is 5. The molecule has 1 aromatic heterocycles. The van der Waals surface area contributed by atoms with Gasteiger partial charge in [-0.2, -0.15) is 0 Å². The Labute approximate surface area is 118 Å². The SMILES string of the molecule is CCc1ccc(CC(N)Cc2ccccc2Cl)s1. The zero-order valence-corrected chi connectivity index (χ0v) is 12.1. The van der Waals surface area contributed by atoms with E-state index in [1.807, 2.05) is 35.6 Å². The molecule has 0 aliphatic carbocycles. The highest BCUT2D eigenvalue weighted by Gasteiger charge is 2.09. The lowest BCUT2D eigenvalue weighted by Gasteiger charge is -2.11. The average molecular weight is 280 g/mol. The van der Waals surface area contributed by atoms with Crippen LogP contribution in [0.25, 0.3) is 0 Å². The van der Waals surface area contributed by atoms with Crippen molar-refractivity contribution in [3.05, 3.63) is 56.7 Å². The van der Waals surface area contributed by atoms with Crippen LogP contribution in [0.15, 0.2) is 36.4 Å². The fraction of sp³-hybridized carbons (Fsp3) is 0.333. The Bertz CT molecular complexity index is 507. The second kappa shape index (κ2) is 6.37. The van der Waals surface area contributed by atoms with Gasteiger partial charge in [0.2, 0.25) is 0 Å². The molecule has 1 atom stereocenters. The summed E-state index contributed by atoms with van der Waals surface area (Å²) >= 11 is 8.01. The summed E-state index contributed by atoms with van der Waals surface area (Å²) in [6.07, 6.45) is 2.86. The second-order valence-corrected chi connectivity index (χ2v) is 6.14. The van der Waals surface area contributed by atoms with Gasteiger partial charge in [0.1, 0.15) is 0 Å². The maximum absolute atomic E-state index is 6.21. The average Bonchev–Trinajstić information content (AvgIpc) is 2.80. The van der Waals surface area contributed by atoms with E-state index in [1.54, 1.807) is 0 Å². The van der Waals surface area contributed by atoms with Gasteiger partial charge in [-0.15, -0.1) is 11.3 Å². The Morgan fingerprint density at radius 1 is 1.11 bits per heavy atom. The van der Waals surface area contributed by atoms with Crippen molar-refractivity contribution in [3.8, 4) is 0 Å². The van der Waals surface area contributed by atoms with Crippen LogP contribution in [0.2, 0.25) is 5.02 Å². The van der Waals surface area contributed by atoms with Crippen LogP contribution in [0.5, 0.6) is 0 Å². The number of nitrogens with two attached hydrogens (primary N) is 1. The highest BCUT2D eigenvalue weighted by molar-refractivity contribution is 7.11. The Balaban J connectivity index is 1.96. The summed E-state index contributed by atoms with van der Waals surface area (Å²) in [7, 11) is 0. The summed E-state index contributed by atoms with van der Waals surface area (Å²) in [5.41, 5.74) is 7.34. The van der Waals surface area contributed by atoms with E-state index in [9.17, 15) is 0 Å². The molecular weight excluding hydrogens is 262 g/mol. The highest BCUT2D eigenvalue weighted by Crippen LogP contribution is 2.21. The van der Waals surface area contributed by atoms with Crippen molar-refractivity contribution in [1.29, 1.82) is 0 Å². The van der Waals surface area contributed by atoms with Crippen LogP contribution < -0.4 is 5.73 Å². The van der Waals surface area contributed by atoms with E-state index in [4.69, 9.17) is 17.3 Å². The molecule has 0 spiro atoms. The number of benzene rings is 1. The third-order valence-corrected chi connectivity index (χ3v) is 4.59. The molecule has 2 aromatic rings. The van der Waals surface area contributed by atoms with Gasteiger partial charge in [0, 0.05) is 20.8 Å². The lowest BCUT2D eigenvalue weighted by atomic mass is 10.0. The van der Waals surface area contributed by atoms with Gasteiger partial charge in [-0.3, -0.25) is 0 Å². The number of halogens is 1. The molecule has 0 fully saturated rings. The van der Waals surface area contributed by atoms with Crippen LogP contribution in [0.4, 0.5) is 0 Å². The molecule has 0 aliphatic heterocycles. The topological polar surface area (TPSA) is 26.0 Å². The summed E-state index contributed by atoms with van der Waals surface area (Å²) in [6.45, 7) is 2.18. The van der Waals surface area contributed by atoms with Gasteiger partial charge in [-0.05, 0) is 43.0 Å². The van der Waals surface area contributed by atoms with Gasteiger partial charge >= 0.3 is 0 Å². The lowest BCUT2D eigenvalue weighted by molar-refractivity contribution is 0.671. The van der Waals surface area contributed by atoms with Crippen LogP contribution in [-0.4, -0.2) is 6.04 Å². The summed E-state index contributed by atoms with van der Waals surface area (Å²) in [6, 6.07) is 12.4.